The van der Waals surface area contributed by atoms with E-state index in [2.05, 4.69) is 26.0 Å². The third-order valence-corrected chi connectivity index (χ3v) is 4.93. The van der Waals surface area contributed by atoms with Crippen LogP contribution in [0.2, 0.25) is 0 Å². The van der Waals surface area contributed by atoms with Crippen molar-refractivity contribution >= 4 is 11.9 Å². The lowest BCUT2D eigenvalue weighted by Gasteiger charge is -2.09. The van der Waals surface area contributed by atoms with E-state index in [1.165, 1.54) is 11.1 Å². The lowest BCUT2D eigenvalue weighted by atomic mass is 10.0. The molecule has 2 aromatic rings. The Balaban J connectivity index is 1.81. The van der Waals surface area contributed by atoms with E-state index in [0.717, 1.165) is 61.8 Å². The number of hydrogen-bond acceptors (Lipinski definition) is 4. The molecule has 2 aromatic carbocycles. The number of benzene rings is 2. The summed E-state index contributed by atoms with van der Waals surface area (Å²) < 4.78 is 10.6. The van der Waals surface area contributed by atoms with Gasteiger partial charge in [-0.2, -0.15) is 0 Å². The zero-order valence-corrected chi connectivity index (χ0v) is 18.1. The van der Waals surface area contributed by atoms with Crippen molar-refractivity contribution in [3.8, 4) is 0 Å². The van der Waals surface area contributed by atoms with Crippen LogP contribution in [0.5, 0.6) is 0 Å². The Bertz CT molecular complexity index is 769. The number of aryl methyl sites for hydroxylation is 2. The van der Waals surface area contributed by atoms with E-state index >= 15 is 0 Å². The van der Waals surface area contributed by atoms with Gasteiger partial charge < -0.3 is 9.47 Å². The average molecular weight is 409 g/mol. The first kappa shape index (κ1) is 23.4. The summed E-state index contributed by atoms with van der Waals surface area (Å²) in [5.41, 5.74) is 4.38. The molecule has 0 aliphatic heterocycles. The summed E-state index contributed by atoms with van der Waals surface area (Å²) in [5.74, 6) is -1.11. The number of ether oxygens (including phenoxy) is 2. The molecule has 30 heavy (non-hydrogen) atoms. The molecule has 0 aromatic heterocycles. The molecule has 160 valence electrons. The van der Waals surface area contributed by atoms with Crippen LogP contribution in [0.1, 0.15) is 61.8 Å². The molecule has 0 N–H and O–H groups in total. The molecule has 0 atom stereocenters. The van der Waals surface area contributed by atoms with Crippen LogP contribution in [0, 0.1) is 0 Å². The third kappa shape index (κ3) is 8.24. The van der Waals surface area contributed by atoms with Crippen molar-refractivity contribution in [2.45, 2.75) is 65.6 Å². The fourth-order valence-electron chi connectivity index (χ4n) is 3.15. The number of hydrogen-bond donors (Lipinski definition) is 0. The number of carbonyl (C=O) groups is 2. The summed E-state index contributed by atoms with van der Waals surface area (Å²) in [4.78, 5) is 24.0. The normalized spacial score (nSPS) is 10.9. The monoisotopic (exact) mass is 408 g/mol. The molecular formula is C26H32O4. The maximum absolute atomic E-state index is 12.0. The van der Waals surface area contributed by atoms with Gasteiger partial charge >= 0.3 is 11.9 Å². The maximum Gasteiger partial charge on any atom is 0.331 e. The summed E-state index contributed by atoms with van der Waals surface area (Å²) >= 11 is 0. The Morgan fingerprint density at radius 2 is 1.03 bits per heavy atom. The Morgan fingerprint density at radius 1 is 0.667 bits per heavy atom. The Kier molecular flexibility index (Phi) is 10.4. The molecule has 0 unspecified atom stereocenters. The lowest BCUT2D eigenvalue weighted by molar-refractivity contribution is -0.141. The van der Waals surface area contributed by atoms with Crippen molar-refractivity contribution in [1.82, 2.24) is 0 Å². The van der Waals surface area contributed by atoms with Gasteiger partial charge in [-0.1, -0.05) is 75.2 Å². The molecule has 0 heterocycles. The fourth-order valence-corrected chi connectivity index (χ4v) is 3.15. The van der Waals surface area contributed by atoms with E-state index in [4.69, 9.17) is 9.47 Å². The van der Waals surface area contributed by atoms with E-state index in [9.17, 15) is 9.59 Å². The van der Waals surface area contributed by atoms with Gasteiger partial charge in [0.05, 0.1) is 0 Å². The van der Waals surface area contributed by atoms with Crippen molar-refractivity contribution in [1.29, 1.82) is 0 Å². The number of unbranched alkanes of at least 4 members (excludes halogenated alkanes) is 2. The van der Waals surface area contributed by atoms with Gasteiger partial charge in [-0.3, -0.25) is 0 Å². The summed E-state index contributed by atoms with van der Waals surface area (Å²) in [5, 5.41) is 0. The second-order valence-electron chi connectivity index (χ2n) is 7.29. The highest BCUT2D eigenvalue weighted by Gasteiger charge is 2.07. The van der Waals surface area contributed by atoms with E-state index in [1.54, 1.807) is 0 Å². The quantitative estimate of drug-likeness (QED) is 0.333. The van der Waals surface area contributed by atoms with Gasteiger partial charge in [0.25, 0.3) is 0 Å². The smallest absolute Gasteiger partial charge is 0.331 e. The number of carbonyl (C=O) groups excluding carboxylic acids is 2. The van der Waals surface area contributed by atoms with Crippen molar-refractivity contribution in [3.63, 3.8) is 0 Å². The molecule has 0 saturated heterocycles. The van der Waals surface area contributed by atoms with Gasteiger partial charge in [-0.05, 0) is 47.9 Å². The van der Waals surface area contributed by atoms with Gasteiger partial charge in [-0.15, -0.1) is 0 Å². The number of esters is 2. The summed E-state index contributed by atoms with van der Waals surface area (Å²) in [6, 6.07) is 15.9. The topological polar surface area (TPSA) is 52.6 Å². The van der Waals surface area contributed by atoms with E-state index in [1.807, 2.05) is 36.4 Å². The van der Waals surface area contributed by atoms with Gasteiger partial charge in [0.2, 0.25) is 0 Å². The first-order valence-corrected chi connectivity index (χ1v) is 10.8. The van der Waals surface area contributed by atoms with Gasteiger partial charge in [0.1, 0.15) is 13.2 Å². The zero-order chi connectivity index (χ0) is 21.6. The van der Waals surface area contributed by atoms with E-state index < -0.39 is 11.9 Å². The van der Waals surface area contributed by atoms with Crippen molar-refractivity contribution in [2.75, 3.05) is 0 Å². The molecule has 0 aliphatic carbocycles. The van der Waals surface area contributed by atoms with E-state index in [0.29, 0.717) is 0 Å². The zero-order valence-electron chi connectivity index (χ0n) is 18.1. The minimum absolute atomic E-state index is 0.197. The second kappa shape index (κ2) is 13.4. The predicted octanol–water partition coefficient (Wildman–Crippen LogP) is 5.71. The fraction of sp³-hybridized carbons (Fsp3) is 0.385. The molecule has 0 fully saturated rings. The SMILES string of the molecule is CCCCc1ccccc1COC(=O)/C=C/C(=O)OCc1ccccc1CCCC. The van der Waals surface area contributed by atoms with Crippen LogP contribution in [0.15, 0.2) is 60.7 Å². The Labute approximate surface area is 179 Å². The lowest BCUT2D eigenvalue weighted by Crippen LogP contribution is -2.06. The van der Waals surface area contributed by atoms with Crippen molar-refractivity contribution in [3.05, 3.63) is 82.9 Å². The average Bonchev–Trinajstić information content (AvgIpc) is 2.78. The minimum Gasteiger partial charge on any atom is -0.458 e. The first-order chi connectivity index (χ1) is 14.6. The maximum atomic E-state index is 12.0. The summed E-state index contributed by atoms with van der Waals surface area (Å²) in [6.45, 7) is 4.69. The first-order valence-electron chi connectivity index (χ1n) is 10.8. The Hall–Kier alpha value is -2.88. The van der Waals surface area contributed by atoms with Crippen molar-refractivity contribution in [2.24, 2.45) is 0 Å². The summed E-state index contributed by atoms with van der Waals surface area (Å²) in [7, 11) is 0. The highest BCUT2D eigenvalue weighted by Crippen LogP contribution is 2.14. The number of rotatable bonds is 12. The molecule has 0 amide bonds. The minimum atomic E-state index is -0.555. The highest BCUT2D eigenvalue weighted by molar-refractivity contribution is 5.91. The molecule has 0 spiro atoms. The van der Waals surface area contributed by atoms with Crippen LogP contribution in [0.25, 0.3) is 0 Å². The van der Waals surface area contributed by atoms with Crippen LogP contribution < -0.4 is 0 Å². The molecule has 4 heteroatoms. The standard InChI is InChI=1S/C26H32O4/c1-3-5-11-21-13-7-9-15-23(21)19-29-25(27)17-18-26(28)30-20-24-16-10-8-14-22(24)12-6-4-2/h7-10,13-18H,3-6,11-12,19-20H2,1-2H3/b18-17+. The van der Waals surface area contributed by atoms with Crippen LogP contribution >= 0.6 is 0 Å². The molecular weight excluding hydrogens is 376 g/mol. The summed E-state index contributed by atoms with van der Waals surface area (Å²) in [6.07, 6.45) is 8.60. The Morgan fingerprint density at radius 3 is 1.40 bits per heavy atom. The van der Waals surface area contributed by atoms with Gasteiger partial charge in [0, 0.05) is 12.2 Å². The predicted molar refractivity (Wildman–Crippen MR) is 119 cm³/mol. The highest BCUT2D eigenvalue weighted by atomic mass is 16.5. The van der Waals surface area contributed by atoms with Crippen LogP contribution in [-0.4, -0.2) is 11.9 Å². The molecule has 0 bridgehead atoms. The molecule has 2 rings (SSSR count). The van der Waals surface area contributed by atoms with Crippen LogP contribution in [-0.2, 0) is 45.1 Å². The molecule has 4 nitrogen and oxygen atoms in total. The third-order valence-electron chi connectivity index (χ3n) is 4.93. The van der Waals surface area contributed by atoms with Crippen LogP contribution in [0.3, 0.4) is 0 Å². The van der Waals surface area contributed by atoms with Crippen LogP contribution in [0.4, 0.5) is 0 Å². The molecule has 0 saturated carbocycles. The van der Waals surface area contributed by atoms with Gasteiger partial charge in [0.15, 0.2) is 0 Å². The second-order valence-corrected chi connectivity index (χ2v) is 7.29. The largest absolute Gasteiger partial charge is 0.458 e. The van der Waals surface area contributed by atoms with Crippen molar-refractivity contribution < 1.29 is 19.1 Å². The van der Waals surface area contributed by atoms with Gasteiger partial charge in [-0.25, -0.2) is 9.59 Å². The molecule has 0 radical (unpaired) electrons. The molecule has 0 aliphatic rings. The van der Waals surface area contributed by atoms with E-state index in [-0.39, 0.29) is 13.2 Å².